The van der Waals surface area contributed by atoms with Gasteiger partial charge >= 0.3 is 0 Å². The molecule has 0 N–H and O–H groups in total. The van der Waals surface area contributed by atoms with Crippen LogP contribution in [0.3, 0.4) is 0 Å². The summed E-state index contributed by atoms with van der Waals surface area (Å²) < 4.78 is 1.54. The normalized spacial score (nSPS) is 23.5. The van der Waals surface area contributed by atoms with E-state index in [-0.39, 0.29) is 10.6 Å². The van der Waals surface area contributed by atoms with Crippen LogP contribution in [0, 0.1) is 10.1 Å². The van der Waals surface area contributed by atoms with E-state index in [1.54, 1.807) is 12.1 Å². The Kier molecular flexibility index (Phi) is 4.50. The third kappa shape index (κ3) is 2.94. The Morgan fingerprint density at radius 3 is 2.11 bits per heavy atom. The van der Waals surface area contributed by atoms with Crippen LogP contribution >= 0.6 is 31.9 Å². The second-order valence-electron chi connectivity index (χ2n) is 5.05. The number of halogens is 2. The number of nitrogens with zero attached hydrogens (tertiary/aromatic N) is 2. The first-order valence-electron chi connectivity index (χ1n) is 6.33. The second-order valence-corrected chi connectivity index (χ2v) is 6.76. The average Bonchev–Trinajstić information content (AvgIpc) is 2.31. The van der Waals surface area contributed by atoms with Gasteiger partial charge in [0.2, 0.25) is 0 Å². The topological polar surface area (TPSA) is 46.4 Å². The van der Waals surface area contributed by atoms with Gasteiger partial charge in [-0.3, -0.25) is 10.1 Å². The molecule has 1 aromatic carbocycles. The van der Waals surface area contributed by atoms with Gasteiger partial charge in [-0.2, -0.15) is 0 Å². The highest BCUT2D eigenvalue weighted by molar-refractivity contribution is 9.11. The van der Waals surface area contributed by atoms with Crippen LogP contribution in [0.5, 0.6) is 0 Å². The number of non-ortho nitro benzene ring substituents is 1. The van der Waals surface area contributed by atoms with Gasteiger partial charge in [-0.1, -0.05) is 0 Å². The quantitative estimate of drug-likeness (QED) is 0.532. The summed E-state index contributed by atoms with van der Waals surface area (Å²) in [4.78, 5) is 12.8. The lowest BCUT2D eigenvalue weighted by Gasteiger charge is -2.41. The SMILES string of the molecule is C[C@H]1CCC[C@H](C)N1c1c(Br)cc([N+](=O)[O-])cc1Br. The van der Waals surface area contributed by atoms with Gasteiger partial charge in [-0.05, 0) is 65.0 Å². The largest absolute Gasteiger partial charge is 0.364 e. The van der Waals surface area contributed by atoms with E-state index in [0.717, 1.165) is 27.5 Å². The Morgan fingerprint density at radius 2 is 1.68 bits per heavy atom. The molecule has 0 aromatic heterocycles. The van der Waals surface area contributed by atoms with Crippen LogP contribution in [-0.2, 0) is 0 Å². The highest BCUT2D eigenvalue weighted by Gasteiger charge is 2.29. The first kappa shape index (κ1) is 14.8. The van der Waals surface area contributed by atoms with Crippen LogP contribution in [0.25, 0.3) is 0 Å². The third-order valence-electron chi connectivity index (χ3n) is 3.66. The molecule has 1 saturated heterocycles. The molecule has 104 valence electrons. The summed E-state index contributed by atoms with van der Waals surface area (Å²) in [5.74, 6) is 0. The molecule has 6 heteroatoms. The van der Waals surface area contributed by atoms with Crippen LogP contribution in [0.15, 0.2) is 21.1 Å². The van der Waals surface area contributed by atoms with Crippen molar-refractivity contribution in [1.82, 2.24) is 0 Å². The Balaban J connectivity index is 2.47. The minimum Gasteiger partial charge on any atom is -0.364 e. The maximum Gasteiger partial charge on any atom is 0.271 e. The first-order chi connectivity index (χ1) is 8.91. The van der Waals surface area contributed by atoms with Crippen LogP contribution in [0.1, 0.15) is 33.1 Å². The van der Waals surface area contributed by atoms with Crippen molar-refractivity contribution in [3.05, 3.63) is 31.2 Å². The van der Waals surface area contributed by atoms with E-state index in [1.807, 2.05) is 0 Å². The summed E-state index contributed by atoms with van der Waals surface area (Å²) in [7, 11) is 0. The van der Waals surface area contributed by atoms with E-state index in [0.29, 0.717) is 12.1 Å². The van der Waals surface area contributed by atoms with E-state index in [4.69, 9.17) is 0 Å². The van der Waals surface area contributed by atoms with Crippen LogP contribution in [0.2, 0.25) is 0 Å². The van der Waals surface area contributed by atoms with Gasteiger partial charge in [0.25, 0.3) is 5.69 Å². The van der Waals surface area contributed by atoms with Gasteiger partial charge in [-0.25, -0.2) is 0 Å². The number of piperidine rings is 1. The molecule has 0 bridgehead atoms. The highest BCUT2D eigenvalue weighted by atomic mass is 79.9. The zero-order chi connectivity index (χ0) is 14.2. The summed E-state index contributed by atoms with van der Waals surface area (Å²) in [5, 5.41) is 10.9. The molecule has 0 saturated carbocycles. The molecule has 1 fully saturated rings. The summed E-state index contributed by atoms with van der Waals surface area (Å²) in [6, 6.07) is 4.04. The minimum absolute atomic E-state index is 0.0971. The van der Waals surface area contributed by atoms with Crippen molar-refractivity contribution in [2.75, 3.05) is 4.90 Å². The molecule has 0 radical (unpaired) electrons. The zero-order valence-electron chi connectivity index (χ0n) is 10.9. The van der Waals surface area contributed by atoms with Crippen molar-refractivity contribution in [2.45, 2.75) is 45.2 Å². The van der Waals surface area contributed by atoms with Gasteiger partial charge in [0.05, 0.1) is 10.6 Å². The monoisotopic (exact) mass is 390 g/mol. The summed E-state index contributed by atoms with van der Waals surface area (Å²) in [6.45, 7) is 4.41. The molecule has 1 aliphatic rings. The summed E-state index contributed by atoms with van der Waals surface area (Å²) in [6.07, 6.45) is 3.54. The minimum atomic E-state index is -0.373. The van der Waals surface area contributed by atoms with Gasteiger partial charge < -0.3 is 4.90 Å². The lowest BCUT2D eigenvalue weighted by molar-refractivity contribution is -0.385. The number of nitro groups is 1. The molecule has 2 atom stereocenters. The molecule has 0 amide bonds. The second kappa shape index (κ2) is 5.79. The molecule has 0 spiro atoms. The molecule has 1 aliphatic heterocycles. The number of hydrogen-bond donors (Lipinski definition) is 0. The van der Waals surface area contributed by atoms with Gasteiger partial charge in [0, 0.05) is 33.2 Å². The molecule has 19 heavy (non-hydrogen) atoms. The van der Waals surface area contributed by atoms with Crippen molar-refractivity contribution in [3.63, 3.8) is 0 Å². The van der Waals surface area contributed by atoms with E-state index in [9.17, 15) is 10.1 Å². The fraction of sp³-hybridized carbons (Fsp3) is 0.538. The van der Waals surface area contributed by atoms with Crippen molar-refractivity contribution in [3.8, 4) is 0 Å². The number of nitro benzene ring substituents is 1. The van der Waals surface area contributed by atoms with Crippen molar-refractivity contribution in [1.29, 1.82) is 0 Å². The molecule has 0 aliphatic carbocycles. The fourth-order valence-corrected chi connectivity index (χ4v) is 4.34. The molecule has 2 rings (SSSR count). The lowest BCUT2D eigenvalue weighted by Crippen LogP contribution is -2.44. The standard InChI is InChI=1S/C13H16Br2N2O2/c1-8-4-3-5-9(2)16(8)13-11(14)6-10(17(18)19)7-12(13)15/h6-9H,3-5H2,1-2H3/t8-,9-/m0/s1. The molecular formula is C13H16Br2N2O2. The molecule has 1 heterocycles. The Bertz CT molecular complexity index is 474. The first-order valence-corrected chi connectivity index (χ1v) is 7.92. The maximum atomic E-state index is 10.9. The van der Waals surface area contributed by atoms with Crippen molar-refractivity contribution >= 4 is 43.2 Å². The Morgan fingerprint density at radius 1 is 1.21 bits per heavy atom. The zero-order valence-corrected chi connectivity index (χ0v) is 14.1. The fourth-order valence-electron chi connectivity index (χ4n) is 2.77. The summed E-state index contributed by atoms with van der Waals surface area (Å²) in [5.41, 5.74) is 1.12. The molecule has 1 aromatic rings. The number of anilines is 1. The average molecular weight is 392 g/mol. The van der Waals surface area contributed by atoms with Crippen molar-refractivity contribution < 1.29 is 4.92 Å². The number of benzene rings is 1. The van der Waals surface area contributed by atoms with Crippen molar-refractivity contribution in [2.24, 2.45) is 0 Å². The number of rotatable bonds is 2. The molecular weight excluding hydrogens is 376 g/mol. The van der Waals surface area contributed by atoms with Gasteiger partial charge in [-0.15, -0.1) is 0 Å². The smallest absolute Gasteiger partial charge is 0.271 e. The summed E-state index contributed by atoms with van der Waals surface area (Å²) >= 11 is 6.96. The van der Waals surface area contributed by atoms with Gasteiger partial charge in [0.1, 0.15) is 0 Å². The predicted molar refractivity (Wildman–Crippen MR) is 83.8 cm³/mol. The molecule has 0 unspecified atom stereocenters. The Labute approximate surface area is 129 Å². The van der Waals surface area contributed by atoms with E-state index in [1.165, 1.54) is 6.42 Å². The van der Waals surface area contributed by atoms with Crippen LogP contribution in [0.4, 0.5) is 11.4 Å². The van der Waals surface area contributed by atoms with Gasteiger partial charge in [0.15, 0.2) is 0 Å². The van der Waals surface area contributed by atoms with E-state index in [2.05, 4.69) is 50.6 Å². The van der Waals surface area contributed by atoms with E-state index < -0.39 is 0 Å². The Hall–Kier alpha value is -0.620. The highest BCUT2D eigenvalue weighted by Crippen LogP contribution is 2.41. The number of hydrogen-bond acceptors (Lipinski definition) is 3. The van der Waals surface area contributed by atoms with E-state index >= 15 is 0 Å². The predicted octanol–water partition coefficient (Wildman–Crippen LogP) is 4.89. The molecule has 4 nitrogen and oxygen atoms in total. The van der Waals surface area contributed by atoms with Crippen LogP contribution < -0.4 is 4.90 Å². The third-order valence-corrected chi connectivity index (χ3v) is 4.87. The van der Waals surface area contributed by atoms with Crippen LogP contribution in [-0.4, -0.2) is 17.0 Å². The maximum absolute atomic E-state index is 10.9. The lowest BCUT2D eigenvalue weighted by atomic mass is 9.96.